The molecular formula is C11H23N2O6P. The molecule has 2 unspecified atom stereocenters. The van der Waals surface area contributed by atoms with Crippen LogP contribution in [0.15, 0.2) is 12.2 Å². The highest BCUT2D eigenvalue weighted by Gasteiger charge is 2.19. The minimum absolute atomic E-state index is 0.110. The Kier molecular flexibility index (Phi) is 8.19. The summed E-state index contributed by atoms with van der Waals surface area (Å²) in [7, 11) is 0.763. The number of phosphoric ester groups is 1. The van der Waals surface area contributed by atoms with Crippen LogP contribution in [-0.2, 0) is 18.6 Å². The molecule has 0 rings (SSSR count). The highest BCUT2D eigenvalue weighted by molar-refractivity contribution is 7.44. The lowest BCUT2D eigenvalue weighted by Crippen LogP contribution is -2.54. The number of carbonyl (C=O) groups is 1. The molecule has 0 aromatic heterocycles. The average molecular weight is 310 g/mol. The van der Waals surface area contributed by atoms with E-state index in [1.807, 2.05) is 21.1 Å². The van der Waals surface area contributed by atoms with Crippen molar-refractivity contribution in [1.29, 1.82) is 0 Å². The van der Waals surface area contributed by atoms with Crippen molar-refractivity contribution in [2.24, 2.45) is 0 Å². The molecule has 20 heavy (non-hydrogen) atoms. The molecule has 0 bridgehead atoms. The standard InChI is InChI=1S/C11H23N2O6P/c1-5-6-11(14)18-8-7-10(12-13(2,3)4)9-19-20(15,16)17/h5-6,10,12H,7-9H2,1-4H3,(H-,15,16,17). The predicted octanol–water partition coefficient (Wildman–Crippen LogP) is -0.447. The van der Waals surface area contributed by atoms with Crippen LogP contribution in [0, 0.1) is 0 Å². The van der Waals surface area contributed by atoms with E-state index in [-0.39, 0.29) is 13.2 Å². The SMILES string of the molecule is CC=CC(=O)OCCC(COP(=O)([O-])O)N[N+](C)(C)C. The van der Waals surface area contributed by atoms with Crippen molar-refractivity contribution < 1.29 is 33.0 Å². The van der Waals surface area contributed by atoms with E-state index in [0.29, 0.717) is 11.0 Å². The quantitative estimate of drug-likeness (QED) is 0.195. The predicted molar refractivity (Wildman–Crippen MR) is 71.1 cm³/mol. The van der Waals surface area contributed by atoms with Crippen molar-refractivity contribution in [1.82, 2.24) is 5.43 Å². The van der Waals surface area contributed by atoms with Crippen molar-refractivity contribution in [3.63, 3.8) is 0 Å². The molecule has 0 aliphatic carbocycles. The van der Waals surface area contributed by atoms with Gasteiger partial charge in [-0.05, 0) is 6.92 Å². The monoisotopic (exact) mass is 310 g/mol. The molecule has 0 saturated heterocycles. The Labute approximate surface area is 119 Å². The molecule has 2 atom stereocenters. The van der Waals surface area contributed by atoms with Crippen molar-refractivity contribution >= 4 is 13.8 Å². The average Bonchev–Trinajstić information content (AvgIpc) is 2.23. The first-order chi connectivity index (χ1) is 9.03. The van der Waals surface area contributed by atoms with Gasteiger partial charge < -0.3 is 19.0 Å². The van der Waals surface area contributed by atoms with E-state index in [4.69, 9.17) is 9.63 Å². The number of hydrogen-bond acceptors (Lipinski definition) is 6. The van der Waals surface area contributed by atoms with Gasteiger partial charge in [0.05, 0.1) is 40.4 Å². The minimum Gasteiger partial charge on any atom is -0.756 e. The molecule has 0 aromatic rings. The third kappa shape index (κ3) is 12.3. The molecular weight excluding hydrogens is 287 g/mol. The van der Waals surface area contributed by atoms with Crippen LogP contribution in [0.1, 0.15) is 13.3 Å². The summed E-state index contributed by atoms with van der Waals surface area (Å²) in [6.07, 6.45) is 3.20. The van der Waals surface area contributed by atoms with Crippen LogP contribution in [0.4, 0.5) is 0 Å². The zero-order chi connectivity index (χ0) is 15.8. The summed E-state index contributed by atoms with van der Waals surface area (Å²) in [5.41, 5.74) is 3.07. The Morgan fingerprint density at radius 2 is 2.10 bits per heavy atom. The lowest BCUT2D eigenvalue weighted by atomic mass is 10.2. The summed E-state index contributed by atoms with van der Waals surface area (Å²) in [5.74, 6) is -0.464. The normalized spacial score (nSPS) is 16.9. The summed E-state index contributed by atoms with van der Waals surface area (Å²) in [6, 6.07) is -0.400. The topological polar surface area (TPSA) is 108 Å². The number of hydrogen-bond donors (Lipinski definition) is 2. The summed E-state index contributed by atoms with van der Waals surface area (Å²) in [5, 5.41) is 0. The minimum atomic E-state index is -4.76. The number of rotatable bonds is 9. The number of phosphoric acid groups is 1. The van der Waals surface area contributed by atoms with Gasteiger partial charge in [0, 0.05) is 12.5 Å². The van der Waals surface area contributed by atoms with Crippen molar-refractivity contribution in [2.75, 3.05) is 34.4 Å². The zero-order valence-corrected chi connectivity index (χ0v) is 13.1. The van der Waals surface area contributed by atoms with Crippen molar-refractivity contribution in [3.05, 3.63) is 12.2 Å². The maximum Gasteiger partial charge on any atom is 0.330 e. The van der Waals surface area contributed by atoms with Gasteiger partial charge in [0.25, 0.3) is 7.82 Å². The van der Waals surface area contributed by atoms with E-state index in [9.17, 15) is 14.3 Å². The first kappa shape index (κ1) is 19.2. The molecule has 0 radical (unpaired) electrons. The van der Waals surface area contributed by atoms with Gasteiger partial charge >= 0.3 is 5.97 Å². The lowest BCUT2D eigenvalue weighted by Gasteiger charge is -2.30. The smallest absolute Gasteiger partial charge is 0.330 e. The number of allylic oxidation sites excluding steroid dienone is 1. The Bertz CT molecular complexity index is 374. The molecule has 0 amide bonds. The number of nitrogens with one attached hydrogen (secondary N) is 1. The third-order valence-electron chi connectivity index (χ3n) is 2.02. The largest absolute Gasteiger partial charge is 0.756 e. The second-order valence-corrected chi connectivity index (χ2v) is 6.25. The Balaban J connectivity index is 4.31. The van der Waals surface area contributed by atoms with Crippen LogP contribution in [-0.4, -0.2) is 55.9 Å². The molecule has 0 aliphatic rings. The molecule has 9 heteroatoms. The fourth-order valence-corrected chi connectivity index (χ4v) is 1.77. The van der Waals surface area contributed by atoms with Gasteiger partial charge in [0.15, 0.2) is 0 Å². The van der Waals surface area contributed by atoms with E-state index in [2.05, 4.69) is 9.95 Å². The highest BCUT2D eigenvalue weighted by Crippen LogP contribution is 2.30. The number of nitrogens with zero attached hydrogens (tertiary/aromatic N) is 1. The molecule has 0 fully saturated rings. The third-order valence-corrected chi connectivity index (χ3v) is 2.50. The molecule has 0 saturated carbocycles. The molecule has 118 valence electrons. The summed E-state index contributed by atoms with van der Waals surface area (Å²) < 4.78 is 20.2. The van der Waals surface area contributed by atoms with Crippen LogP contribution in [0.3, 0.4) is 0 Å². The van der Waals surface area contributed by atoms with Crippen molar-refractivity contribution in [2.45, 2.75) is 19.4 Å². The van der Waals surface area contributed by atoms with Crippen LogP contribution >= 0.6 is 7.82 Å². The molecule has 2 N–H and O–H groups in total. The van der Waals surface area contributed by atoms with Gasteiger partial charge in [0.1, 0.15) is 0 Å². The second-order valence-electron chi connectivity index (χ2n) is 5.06. The number of quaternary nitrogens is 1. The summed E-state index contributed by atoms with van der Waals surface area (Å²) >= 11 is 0. The van der Waals surface area contributed by atoms with Gasteiger partial charge in [-0.15, -0.1) is 0 Å². The Morgan fingerprint density at radius 3 is 2.55 bits per heavy atom. The van der Waals surface area contributed by atoms with Gasteiger partial charge in [-0.1, -0.05) is 6.08 Å². The Morgan fingerprint density at radius 1 is 1.50 bits per heavy atom. The fourth-order valence-electron chi connectivity index (χ4n) is 1.40. The van der Waals surface area contributed by atoms with Gasteiger partial charge in [-0.25, -0.2) is 4.79 Å². The van der Waals surface area contributed by atoms with Gasteiger partial charge in [-0.2, -0.15) is 5.43 Å². The molecule has 0 heterocycles. The first-order valence-electron chi connectivity index (χ1n) is 6.10. The summed E-state index contributed by atoms with van der Waals surface area (Å²) in [4.78, 5) is 30.3. The number of ether oxygens (including phenoxy) is 1. The molecule has 8 nitrogen and oxygen atoms in total. The van der Waals surface area contributed by atoms with Crippen LogP contribution in [0.2, 0.25) is 0 Å². The first-order valence-corrected chi connectivity index (χ1v) is 7.60. The van der Waals surface area contributed by atoms with Crippen LogP contribution < -0.4 is 10.3 Å². The van der Waals surface area contributed by atoms with E-state index < -0.39 is 19.8 Å². The molecule has 0 aromatic carbocycles. The van der Waals surface area contributed by atoms with E-state index in [1.165, 1.54) is 6.08 Å². The van der Waals surface area contributed by atoms with Crippen LogP contribution in [0.25, 0.3) is 0 Å². The van der Waals surface area contributed by atoms with Gasteiger partial charge in [-0.3, -0.25) is 9.16 Å². The maximum absolute atomic E-state index is 11.1. The van der Waals surface area contributed by atoms with Gasteiger partial charge in [0.2, 0.25) is 0 Å². The Hall–Kier alpha value is -0.760. The summed E-state index contributed by atoms with van der Waals surface area (Å²) in [6.45, 7) is 1.57. The van der Waals surface area contributed by atoms with Crippen molar-refractivity contribution in [3.8, 4) is 0 Å². The maximum atomic E-state index is 11.1. The number of carbonyl (C=O) groups excluding carboxylic acids is 1. The second kappa shape index (κ2) is 8.51. The van der Waals surface area contributed by atoms with Crippen LogP contribution in [0.5, 0.6) is 0 Å². The fraction of sp³-hybridized carbons (Fsp3) is 0.727. The van der Waals surface area contributed by atoms with E-state index in [0.717, 1.165) is 0 Å². The zero-order valence-electron chi connectivity index (χ0n) is 12.2. The highest BCUT2D eigenvalue weighted by atomic mass is 31.2. The lowest BCUT2D eigenvalue weighted by molar-refractivity contribution is -0.918. The van der Waals surface area contributed by atoms with E-state index in [1.54, 1.807) is 13.0 Å². The number of esters is 1. The molecule has 0 aliphatic heterocycles. The van der Waals surface area contributed by atoms with E-state index >= 15 is 0 Å². The molecule has 0 spiro atoms.